The quantitative estimate of drug-likeness (QED) is 0.556. The second kappa shape index (κ2) is 9.96. The Labute approximate surface area is 176 Å². The van der Waals surface area contributed by atoms with Crippen LogP contribution < -0.4 is 14.8 Å². The Morgan fingerprint density at radius 1 is 1.13 bits per heavy atom. The molecule has 30 heavy (non-hydrogen) atoms. The molecule has 2 atom stereocenters. The summed E-state index contributed by atoms with van der Waals surface area (Å²) in [5.41, 5.74) is 3.10. The Morgan fingerprint density at radius 2 is 1.93 bits per heavy atom. The van der Waals surface area contributed by atoms with Crippen LogP contribution in [0.2, 0.25) is 0 Å². The second-order valence-electron chi connectivity index (χ2n) is 7.17. The summed E-state index contributed by atoms with van der Waals surface area (Å²) in [7, 11) is 3.11. The number of ether oxygens (including phenoxy) is 3. The number of methoxy groups -OCH3 is 2. The lowest BCUT2D eigenvalue weighted by Gasteiger charge is -2.27. The lowest BCUT2D eigenvalue weighted by molar-refractivity contribution is -0.150. The highest BCUT2D eigenvalue weighted by Gasteiger charge is 2.24. The summed E-state index contributed by atoms with van der Waals surface area (Å²) in [6.45, 7) is 1.57. The van der Waals surface area contributed by atoms with Crippen molar-refractivity contribution in [3.05, 3.63) is 65.2 Å². The minimum Gasteiger partial charge on any atom is -0.497 e. The first kappa shape index (κ1) is 21.4. The first-order valence-corrected chi connectivity index (χ1v) is 10.0. The van der Waals surface area contributed by atoms with Gasteiger partial charge < -0.3 is 19.5 Å². The maximum absolute atomic E-state index is 12.6. The SMILES string of the molecule is COc1ccc(/C=C/C(=O)O[C@H](C)C(=O)N[C@H]2CCCc3ccccc32)c(OC)c1. The third-order valence-electron chi connectivity index (χ3n) is 5.19. The molecule has 0 bridgehead atoms. The second-order valence-corrected chi connectivity index (χ2v) is 7.17. The topological polar surface area (TPSA) is 73.9 Å². The summed E-state index contributed by atoms with van der Waals surface area (Å²) in [6, 6.07) is 13.3. The van der Waals surface area contributed by atoms with Crippen LogP contribution >= 0.6 is 0 Å². The van der Waals surface area contributed by atoms with Gasteiger partial charge in [-0.2, -0.15) is 0 Å². The first-order chi connectivity index (χ1) is 14.5. The molecule has 0 unspecified atom stereocenters. The normalized spacial score (nSPS) is 16.4. The Bertz CT molecular complexity index is 937. The summed E-state index contributed by atoms with van der Waals surface area (Å²) in [6.07, 6.45) is 4.89. The van der Waals surface area contributed by atoms with E-state index in [0.717, 1.165) is 24.8 Å². The summed E-state index contributed by atoms with van der Waals surface area (Å²) in [5, 5.41) is 3.01. The zero-order chi connectivity index (χ0) is 21.5. The number of aryl methyl sites for hydroxylation is 1. The fourth-order valence-corrected chi connectivity index (χ4v) is 3.57. The van der Waals surface area contributed by atoms with Gasteiger partial charge in [0.05, 0.1) is 20.3 Å². The predicted octanol–water partition coefficient (Wildman–Crippen LogP) is 3.84. The lowest BCUT2D eigenvalue weighted by Crippen LogP contribution is -2.39. The van der Waals surface area contributed by atoms with Crippen LogP contribution in [0.25, 0.3) is 6.08 Å². The summed E-state index contributed by atoms with van der Waals surface area (Å²) in [5.74, 6) is 0.321. The molecule has 158 valence electrons. The number of amides is 1. The standard InChI is InChI=1S/C24H27NO5/c1-16(24(27)25-21-10-6-8-17-7-4-5-9-20(17)21)30-23(26)14-12-18-11-13-19(28-2)15-22(18)29-3/h4-5,7,9,11-16,21H,6,8,10H2,1-3H3,(H,25,27)/b14-12+/t16-,21+/m1/s1. The lowest BCUT2D eigenvalue weighted by atomic mass is 9.87. The van der Waals surface area contributed by atoms with Gasteiger partial charge in [-0.15, -0.1) is 0 Å². The third kappa shape index (κ3) is 5.20. The van der Waals surface area contributed by atoms with Crippen LogP contribution in [0.1, 0.15) is 42.5 Å². The molecule has 6 heteroatoms. The van der Waals surface area contributed by atoms with Crippen LogP contribution in [0.4, 0.5) is 0 Å². The van der Waals surface area contributed by atoms with Gasteiger partial charge in [0.15, 0.2) is 6.10 Å². The van der Waals surface area contributed by atoms with Gasteiger partial charge in [-0.3, -0.25) is 4.79 Å². The fraction of sp³-hybridized carbons (Fsp3) is 0.333. The average Bonchev–Trinajstić information content (AvgIpc) is 2.77. The van der Waals surface area contributed by atoms with Gasteiger partial charge in [-0.25, -0.2) is 4.79 Å². The molecule has 3 rings (SSSR count). The van der Waals surface area contributed by atoms with Crippen molar-refractivity contribution >= 4 is 18.0 Å². The molecule has 0 saturated carbocycles. The molecule has 6 nitrogen and oxygen atoms in total. The van der Waals surface area contributed by atoms with E-state index < -0.39 is 12.1 Å². The van der Waals surface area contributed by atoms with Gasteiger partial charge in [-0.05, 0) is 55.5 Å². The molecule has 2 aromatic carbocycles. The molecule has 1 N–H and O–H groups in total. The molecule has 2 aromatic rings. The maximum Gasteiger partial charge on any atom is 0.331 e. The van der Waals surface area contributed by atoms with E-state index in [1.165, 1.54) is 11.6 Å². The molecular weight excluding hydrogens is 382 g/mol. The van der Waals surface area contributed by atoms with Gasteiger partial charge in [0.25, 0.3) is 5.91 Å². The van der Waals surface area contributed by atoms with E-state index in [1.54, 1.807) is 45.4 Å². The highest BCUT2D eigenvalue weighted by Crippen LogP contribution is 2.29. The summed E-state index contributed by atoms with van der Waals surface area (Å²) in [4.78, 5) is 24.7. The zero-order valence-corrected chi connectivity index (χ0v) is 17.5. The van der Waals surface area contributed by atoms with Crippen molar-refractivity contribution in [3.63, 3.8) is 0 Å². The van der Waals surface area contributed by atoms with Crippen LogP contribution in [0.15, 0.2) is 48.5 Å². The van der Waals surface area contributed by atoms with Gasteiger partial charge in [0, 0.05) is 17.7 Å². The van der Waals surface area contributed by atoms with E-state index in [-0.39, 0.29) is 11.9 Å². The summed E-state index contributed by atoms with van der Waals surface area (Å²) < 4.78 is 15.7. The number of rotatable bonds is 7. The molecule has 0 saturated heterocycles. The van der Waals surface area contributed by atoms with E-state index in [0.29, 0.717) is 17.1 Å². The van der Waals surface area contributed by atoms with E-state index in [2.05, 4.69) is 11.4 Å². The largest absolute Gasteiger partial charge is 0.497 e. The number of hydrogen-bond donors (Lipinski definition) is 1. The summed E-state index contributed by atoms with van der Waals surface area (Å²) >= 11 is 0. The van der Waals surface area contributed by atoms with E-state index >= 15 is 0 Å². The van der Waals surface area contributed by atoms with Crippen molar-refractivity contribution in [1.82, 2.24) is 5.32 Å². The molecular formula is C24H27NO5. The Balaban J connectivity index is 1.58. The van der Waals surface area contributed by atoms with Gasteiger partial charge in [0.1, 0.15) is 11.5 Å². The smallest absolute Gasteiger partial charge is 0.331 e. The highest BCUT2D eigenvalue weighted by molar-refractivity contribution is 5.90. The zero-order valence-electron chi connectivity index (χ0n) is 17.5. The number of hydrogen-bond acceptors (Lipinski definition) is 5. The van der Waals surface area contributed by atoms with Crippen molar-refractivity contribution in [3.8, 4) is 11.5 Å². The molecule has 0 radical (unpaired) electrons. The minimum atomic E-state index is -0.894. The molecule has 0 aromatic heterocycles. The van der Waals surface area contributed by atoms with Crippen molar-refractivity contribution in [2.75, 3.05) is 14.2 Å². The fourth-order valence-electron chi connectivity index (χ4n) is 3.57. The number of nitrogens with one attached hydrogen (secondary N) is 1. The molecule has 0 aliphatic heterocycles. The van der Waals surface area contributed by atoms with Gasteiger partial charge in [0.2, 0.25) is 0 Å². The van der Waals surface area contributed by atoms with E-state index in [4.69, 9.17) is 14.2 Å². The highest BCUT2D eigenvalue weighted by atomic mass is 16.5. The molecule has 1 aliphatic rings. The van der Waals surface area contributed by atoms with Crippen molar-refractivity contribution in [2.24, 2.45) is 0 Å². The monoisotopic (exact) mass is 409 g/mol. The Morgan fingerprint density at radius 3 is 2.70 bits per heavy atom. The molecule has 0 heterocycles. The number of carbonyl (C=O) groups excluding carboxylic acids is 2. The molecule has 0 spiro atoms. The van der Waals surface area contributed by atoms with E-state index in [9.17, 15) is 9.59 Å². The van der Waals surface area contributed by atoms with Crippen LogP contribution in [-0.4, -0.2) is 32.2 Å². The van der Waals surface area contributed by atoms with Crippen molar-refractivity contribution in [2.45, 2.75) is 38.3 Å². The van der Waals surface area contributed by atoms with Crippen LogP contribution in [0, 0.1) is 0 Å². The minimum absolute atomic E-state index is 0.0531. The van der Waals surface area contributed by atoms with Crippen LogP contribution in [-0.2, 0) is 20.7 Å². The predicted molar refractivity (Wildman–Crippen MR) is 114 cm³/mol. The number of benzene rings is 2. The van der Waals surface area contributed by atoms with Crippen molar-refractivity contribution < 1.29 is 23.8 Å². The van der Waals surface area contributed by atoms with E-state index in [1.807, 2.05) is 18.2 Å². The van der Waals surface area contributed by atoms with Gasteiger partial charge >= 0.3 is 5.97 Å². The third-order valence-corrected chi connectivity index (χ3v) is 5.19. The number of esters is 1. The van der Waals surface area contributed by atoms with Crippen LogP contribution in [0.5, 0.6) is 11.5 Å². The Kier molecular flexibility index (Phi) is 7.12. The molecule has 0 fully saturated rings. The Hall–Kier alpha value is -3.28. The first-order valence-electron chi connectivity index (χ1n) is 10.0. The number of carbonyl (C=O) groups is 2. The molecule has 1 amide bonds. The van der Waals surface area contributed by atoms with Crippen LogP contribution in [0.3, 0.4) is 0 Å². The molecule has 1 aliphatic carbocycles. The van der Waals surface area contributed by atoms with Gasteiger partial charge in [-0.1, -0.05) is 24.3 Å². The average molecular weight is 409 g/mol. The maximum atomic E-state index is 12.6. The van der Waals surface area contributed by atoms with Crippen molar-refractivity contribution in [1.29, 1.82) is 0 Å². The number of fused-ring (bicyclic) bond motifs is 1.